The Bertz CT molecular complexity index is 1430. The molecule has 2 aliphatic heterocycles. The molecule has 0 saturated carbocycles. The third-order valence-electron chi connectivity index (χ3n) is 6.25. The first-order chi connectivity index (χ1) is 17.8. The highest BCUT2D eigenvalue weighted by atomic mass is 16.6. The molecule has 0 aromatic heterocycles. The van der Waals surface area contributed by atoms with Crippen LogP contribution in [0.1, 0.15) is 50.5 Å². The molecule has 0 spiro atoms. The molecule has 2 atom stereocenters. The fourth-order valence-electron chi connectivity index (χ4n) is 4.38. The molecule has 2 aliphatic rings. The van der Waals surface area contributed by atoms with Crippen molar-refractivity contribution >= 4 is 11.6 Å². The van der Waals surface area contributed by atoms with Crippen molar-refractivity contribution < 1.29 is 34.4 Å². The molecule has 0 amide bonds. The van der Waals surface area contributed by atoms with Gasteiger partial charge in [0.1, 0.15) is 23.4 Å². The van der Waals surface area contributed by atoms with Crippen LogP contribution in [-0.2, 0) is 0 Å². The highest BCUT2D eigenvalue weighted by molar-refractivity contribution is 6.05. The van der Waals surface area contributed by atoms with Crippen LogP contribution >= 0.6 is 0 Å². The van der Waals surface area contributed by atoms with Crippen molar-refractivity contribution in [3.63, 3.8) is 0 Å². The third kappa shape index (κ3) is 4.82. The number of aliphatic hydroxyl groups is 2. The number of Topliss-reactive ketones (excluding diaryl/α,β-unsaturated/α-hetero) is 2. The molecule has 6 rings (SSSR count). The molecule has 0 bridgehead atoms. The number of rotatable bonds is 2. The Kier molecular flexibility index (Phi) is 6.48. The molecule has 186 valence electrons. The largest absolute Gasteiger partial charge is 0.508 e. The van der Waals surface area contributed by atoms with Crippen LogP contribution in [0.2, 0.25) is 0 Å². The van der Waals surface area contributed by atoms with E-state index in [1.807, 2.05) is 54.6 Å². The number of fused-ring (bicyclic) bond motifs is 2. The number of phenols is 1. The Morgan fingerprint density at radius 1 is 0.676 bits per heavy atom. The van der Waals surface area contributed by atoms with E-state index in [2.05, 4.69) is 0 Å². The predicted octanol–water partition coefficient (Wildman–Crippen LogP) is 4.78. The van der Waals surface area contributed by atoms with Crippen LogP contribution in [0.4, 0.5) is 0 Å². The van der Waals surface area contributed by atoms with Crippen molar-refractivity contribution in [2.45, 2.75) is 24.4 Å². The summed E-state index contributed by atoms with van der Waals surface area (Å²) < 4.78 is 11.4. The quantitative estimate of drug-likeness (QED) is 0.342. The van der Waals surface area contributed by atoms with E-state index in [1.54, 1.807) is 30.3 Å². The number of benzene rings is 4. The minimum atomic E-state index is -2.68. The molecule has 7 heteroatoms. The maximum atomic E-state index is 12.2. The first kappa shape index (κ1) is 24.2. The first-order valence-corrected chi connectivity index (χ1v) is 11.7. The number of carbonyl (C=O) groups is 2. The normalized spacial score (nSPS) is 19.3. The Balaban J connectivity index is 0.000000153. The summed E-state index contributed by atoms with van der Waals surface area (Å²) in [6.45, 7) is 0. The topological polar surface area (TPSA) is 113 Å². The molecule has 0 aliphatic carbocycles. The van der Waals surface area contributed by atoms with Gasteiger partial charge in [-0.1, -0.05) is 72.8 Å². The fraction of sp³-hybridized carbons (Fsp3) is 0.133. The molecule has 0 saturated heterocycles. The Hall–Kier alpha value is -4.46. The lowest BCUT2D eigenvalue weighted by atomic mass is 9.90. The lowest BCUT2D eigenvalue weighted by Gasteiger charge is -2.35. The van der Waals surface area contributed by atoms with Crippen molar-refractivity contribution in [1.29, 1.82) is 0 Å². The van der Waals surface area contributed by atoms with Gasteiger partial charge in [0.15, 0.2) is 11.9 Å². The van der Waals surface area contributed by atoms with E-state index in [4.69, 9.17) is 9.47 Å². The number of aromatic hydroxyl groups is 1. The summed E-state index contributed by atoms with van der Waals surface area (Å²) in [4.78, 5) is 24.2. The zero-order valence-electron chi connectivity index (χ0n) is 19.7. The van der Waals surface area contributed by atoms with E-state index in [-0.39, 0.29) is 28.9 Å². The predicted molar refractivity (Wildman–Crippen MR) is 135 cm³/mol. The molecule has 4 aromatic carbocycles. The van der Waals surface area contributed by atoms with E-state index in [1.165, 1.54) is 12.1 Å². The summed E-state index contributed by atoms with van der Waals surface area (Å²) in [6.07, 6.45) is -0.951. The second-order valence-electron chi connectivity index (χ2n) is 8.78. The molecule has 0 fully saturated rings. The van der Waals surface area contributed by atoms with Crippen molar-refractivity contribution in [1.82, 2.24) is 0 Å². The Labute approximate surface area is 213 Å². The second kappa shape index (κ2) is 9.89. The average Bonchev–Trinajstić information content (AvgIpc) is 2.92. The SMILES string of the molecule is O=C1CC(c2ccccc2)Oc2ccccc21.O=C1c2cc(O)ccc2OC(c2ccccc2)C1(O)O. The van der Waals surface area contributed by atoms with Crippen molar-refractivity contribution in [3.05, 3.63) is 125 Å². The van der Waals surface area contributed by atoms with Gasteiger partial charge in [-0.2, -0.15) is 0 Å². The van der Waals surface area contributed by atoms with Gasteiger partial charge in [-0.05, 0) is 41.5 Å². The Morgan fingerprint density at radius 3 is 1.97 bits per heavy atom. The minimum Gasteiger partial charge on any atom is -0.508 e. The molecule has 7 nitrogen and oxygen atoms in total. The Morgan fingerprint density at radius 2 is 1.27 bits per heavy atom. The van der Waals surface area contributed by atoms with Gasteiger partial charge in [-0.25, -0.2) is 0 Å². The van der Waals surface area contributed by atoms with Crippen LogP contribution in [0.5, 0.6) is 17.2 Å². The molecule has 37 heavy (non-hydrogen) atoms. The number of ketones is 2. The van der Waals surface area contributed by atoms with Gasteiger partial charge in [0, 0.05) is 0 Å². The van der Waals surface area contributed by atoms with Crippen LogP contribution in [-0.4, -0.2) is 32.7 Å². The van der Waals surface area contributed by atoms with Gasteiger partial charge in [-0.15, -0.1) is 0 Å². The molecular weight excluding hydrogens is 472 g/mol. The standard InChI is InChI=1S/C15H12O5.C15H12O2/c16-10-6-7-12-11(8-10)13(17)15(18,19)14(20-12)9-4-2-1-3-5-9;16-13-10-15(11-6-2-1-3-7-11)17-14-9-5-4-8-12(13)14/h1-8,14,16,18-19H;1-9,15H,10H2. The van der Waals surface area contributed by atoms with Crippen LogP contribution < -0.4 is 9.47 Å². The van der Waals surface area contributed by atoms with Crippen LogP contribution in [0.15, 0.2) is 103 Å². The lowest BCUT2D eigenvalue weighted by molar-refractivity contribution is -0.186. The van der Waals surface area contributed by atoms with Gasteiger partial charge in [-0.3, -0.25) is 9.59 Å². The number of carbonyl (C=O) groups excluding carboxylic acids is 2. The molecule has 3 N–H and O–H groups in total. The maximum absolute atomic E-state index is 12.2. The molecular formula is C30H24O7. The maximum Gasteiger partial charge on any atom is 0.271 e. The van der Waals surface area contributed by atoms with E-state index in [0.717, 1.165) is 11.6 Å². The van der Waals surface area contributed by atoms with Gasteiger partial charge < -0.3 is 24.8 Å². The number of para-hydroxylation sites is 1. The van der Waals surface area contributed by atoms with Crippen LogP contribution in [0.25, 0.3) is 0 Å². The highest BCUT2D eigenvalue weighted by Crippen LogP contribution is 2.41. The summed E-state index contributed by atoms with van der Waals surface area (Å²) in [5.41, 5.74) is 2.17. The fourth-order valence-corrected chi connectivity index (χ4v) is 4.38. The van der Waals surface area contributed by atoms with E-state index >= 15 is 0 Å². The van der Waals surface area contributed by atoms with Crippen molar-refractivity contribution in [2.75, 3.05) is 0 Å². The van der Waals surface area contributed by atoms with Gasteiger partial charge in [0.2, 0.25) is 5.78 Å². The van der Waals surface area contributed by atoms with E-state index in [9.17, 15) is 24.9 Å². The lowest BCUT2D eigenvalue weighted by Crippen LogP contribution is -2.49. The number of phenolic OH excluding ortho intramolecular Hbond substituents is 1. The first-order valence-electron chi connectivity index (χ1n) is 11.7. The minimum absolute atomic E-state index is 0.0535. The summed E-state index contributed by atoms with van der Waals surface area (Å²) in [6, 6.07) is 29.7. The molecule has 0 radical (unpaired) electrons. The summed E-state index contributed by atoms with van der Waals surface area (Å²) in [5, 5.41) is 29.6. The average molecular weight is 497 g/mol. The zero-order chi connectivity index (χ0) is 26.0. The molecule has 2 heterocycles. The third-order valence-corrected chi connectivity index (χ3v) is 6.25. The van der Waals surface area contributed by atoms with Gasteiger partial charge in [0.25, 0.3) is 5.79 Å². The van der Waals surface area contributed by atoms with Crippen molar-refractivity contribution in [3.8, 4) is 17.2 Å². The van der Waals surface area contributed by atoms with E-state index < -0.39 is 17.7 Å². The summed E-state index contributed by atoms with van der Waals surface area (Å²) >= 11 is 0. The van der Waals surface area contributed by atoms with Gasteiger partial charge >= 0.3 is 0 Å². The van der Waals surface area contributed by atoms with E-state index in [0.29, 0.717) is 23.3 Å². The van der Waals surface area contributed by atoms with Crippen molar-refractivity contribution in [2.24, 2.45) is 0 Å². The zero-order valence-corrected chi connectivity index (χ0v) is 19.7. The monoisotopic (exact) mass is 496 g/mol. The summed E-state index contributed by atoms with van der Waals surface area (Å²) in [5.74, 6) is -2.67. The highest BCUT2D eigenvalue weighted by Gasteiger charge is 2.50. The second-order valence-corrected chi connectivity index (χ2v) is 8.78. The number of ether oxygens (including phenoxy) is 2. The number of hydrogen-bond donors (Lipinski definition) is 3. The number of hydrogen-bond acceptors (Lipinski definition) is 7. The van der Waals surface area contributed by atoms with Crippen LogP contribution in [0, 0.1) is 0 Å². The molecule has 4 aromatic rings. The summed E-state index contributed by atoms with van der Waals surface area (Å²) in [7, 11) is 0. The molecule has 2 unspecified atom stereocenters. The van der Waals surface area contributed by atoms with Crippen LogP contribution in [0.3, 0.4) is 0 Å². The smallest absolute Gasteiger partial charge is 0.271 e. The van der Waals surface area contributed by atoms with Gasteiger partial charge in [0.05, 0.1) is 17.5 Å².